The molecule has 0 saturated carbocycles. The van der Waals surface area contributed by atoms with Crippen molar-refractivity contribution in [2.24, 2.45) is 0 Å². The standard InChI is InChI=1S/C11H12F2N2O3/c1-6(5-16)14-10(17)11(18)15-9-7(12)3-2-4-8(9)13/h2-4,6,16H,5H2,1H3,(H,14,17)(H,15,18). The number of aliphatic hydroxyl groups excluding tert-OH is 1. The smallest absolute Gasteiger partial charge is 0.313 e. The molecule has 18 heavy (non-hydrogen) atoms. The molecule has 0 aliphatic carbocycles. The molecule has 0 aliphatic heterocycles. The van der Waals surface area contributed by atoms with Crippen LogP contribution in [0.1, 0.15) is 6.92 Å². The van der Waals surface area contributed by atoms with Gasteiger partial charge in [-0.25, -0.2) is 8.78 Å². The Bertz CT molecular complexity index is 445. The molecule has 0 aromatic heterocycles. The van der Waals surface area contributed by atoms with E-state index in [1.165, 1.54) is 6.92 Å². The van der Waals surface area contributed by atoms with Gasteiger partial charge in [-0.15, -0.1) is 0 Å². The first kappa shape index (κ1) is 14.0. The SMILES string of the molecule is CC(CO)NC(=O)C(=O)Nc1c(F)cccc1F. The Labute approximate surface area is 102 Å². The van der Waals surface area contributed by atoms with E-state index in [2.05, 4.69) is 5.32 Å². The fourth-order valence-electron chi connectivity index (χ4n) is 1.12. The molecule has 1 rings (SSSR count). The van der Waals surface area contributed by atoms with Crippen LogP contribution in [0.5, 0.6) is 0 Å². The summed E-state index contributed by atoms with van der Waals surface area (Å²) in [6.07, 6.45) is 0. The molecule has 1 unspecified atom stereocenters. The maximum atomic E-state index is 13.2. The molecule has 7 heteroatoms. The van der Waals surface area contributed by atoms with Crippen LogP contribution in [0.2, 0.25) is 0 Å². The first-order valence-corrected chi connectivity index (χ1v) is 5.12. The van der Waals surface area contributed by atoms with Crippen LogP contribution in [0.4, 0.5) is 14.5 Å². The molecule has 0 spiro atoms. The lowest BCUT2D eigenvalue weighted by atomic mass is 10.3. The zero-order valence-corrected chi connectivity index (χ0v) is 9.54. The third-order valence-corrected chi connectivity index (χ3v) is 2.06. The van der Waals surface area contributed by atoms with Crippen molar-refractivity contribution >= 4 is 17.5 Å². The topological polar surface area (TPSA) is 78.4 Å². The number of hydrogen-bond donors (Lipinski definition) is 3. The van der Waals surface area contributed by atoms with Gasteiger partial charge in [0, 0.05) is 6.04 Å². The number of carbonyl (C=O) groups excluding carboxylic acids is 2. The number of amides is 2. The zero-order valence-electron chi connectivity index (χ0n) is 9.54. The van der Waals surface area contributed by atoms with Crippen molar-refractivity contribution in [3.05, 3.63) is 29.8 Å². The number of halogens is 2. The number of carbonyl (C=O) groups is 2. The largest absolute Gasteiger partial charge is 0.394 e. The summed E-state index contributed by atoms with van der Waals surface area (Å²) in [5.41, 5.74) is -0.686. The highest BCUT2D eigenvalue weighted by Crippen LogP contribution is 2.17. The lowest BCUT2D eigenvalue weighted by Crippen LogP contribution is -2.42. The molecular formula is C11H12F2N2O3. The number of anilines is 1. The normalized spacial score (nSPS) is 11.8. The van der Waals surface area contributed by atoms with E-state index in [9.17, 15) is 18.4 Å². The fourth-order valence-corrected chi connectivity index (χ4v) is 1.12. The van der Waals surface area contributed by atoms with Gasteiger partial charge in [0.1, 0.15) is 17.3 Å². The summed E-state index contributed by atoms with van der Waals surface area (Å²) in [7, 11) is 0. The van der Waals surface area contributed by atoms with Gasteiger partial charge in [0.2, 0.25) is 0 Å². The first-order valence-electron chi connectivity index (χ1n) is 5.12. The molecular weight excluding hydrogens is 246 g/mol. The van der Waals surface area contributed by atoms with Gasteiger partial charge in [0.15, 0.2) is 0 Å². The van der Waals surface area contributed by atoms with E-state index < -0.39 is 35.2 Å². The van der Waals surface area contributed by atoms with Crippen LogP contribution >= 0.6 is 0 Å². The van der Waals surface area contributed by atoms with Gasteiger partial charge in [-0.1, -0.05) is 6.07 Å². The molecule has 1 aromatic rings. The lowest BCUT2D eigenvalue weighted by molar-refractivity contribution is -0.136. The number of aliphatic hydroxyl groups is 1. The van der Waals surface area contributed by atoms with Crippen molar-refractivity contribution in [3.63, 3.8) is 0 Å². The molecule has 0 bridgehead atoms. The number of benzene rings is 1. The molecule has 0 aliphatic rings. The zero-order chi connectivity index (χ0) is 13.7. The molecule has 1 atom stereocenters. The summed E-state index contributed by atoms with van der Waals surface area (Å²) in [4.78, 5) is 22.6. The predicted molar refractivity (Wildman–Crippen MR) is 59.7 cm³/mol. The molecule has 1 aromatic carbocycles. The van der Waals surface area contributed by atoms with Crippen LogP contribution in [0.25, 0.3) is 0 Å². The average Bonchev–Trinajstić information content (AvgIpc) is 2.33. The molecule has 0 fully saturated rings. The van der Waals surface area contributed by atoms with E-state index >= 15 is 0 Å². The second-order valence-electron chi connectivity index (χ2n) is 3.61. The van der Waals surface area contributed by atoms with Crippen LogP contribution in [-0.2, 0) is 9.59 Å². The monoisotopic (exact) mass is 258 g/mol. The number of hydrogen-bond acceptors (Lipinski definition) is 3. The second-order valence-corrected chi connectivity index (χ2v) is 3.61. The van der Waals surface area contributed by atoms with Crippen LogP contribution < -0.4 is 10.6 Å². The lowest BCUT2D eigenvalue weighted by Gasteiger charge is -2.11. The predicted octanol–water partition coefficient (Wildman–Crippen LogP) is 0.400. The van der Waals surface area contributed by atoms with Gasteiger partial charge in [-0.3, -0.25) is 9.59 Å². The summed E-state index contributed by atoms with van der Waals surface area (Å²) in [5.74, 6) is -4.25. The molecule has 3 N–H and O–H groups in total. The van der Waals surface area contributed by atoms with Gasteiger partial charge in [0.05, 0.1) is 6.61 Å². The van der Waals surface area contributed by atoms with Crippen LogP contribution in [-0.4, -0.2) is 29.6 Å². The molecule has 0 heterocycles. The van der Waals surface area contributed by atoms with Gasteiger partial charge >= 0.3 is 11.8 Å². The summed E-state index contributed by atoms with van der Waals surface area (Å²) >= 11 is 0. The Morgan fingerprint density at radius 2 is 1.83 bits per heavy atom. The average molecular weight is 258 g/mol. The van der Waals surface area contributed by atoms with Crippen molar-refractivity contribution in [1.29, 1.82) is 0 Å². The Balaban J connectivity index is 2.73. The van der Waals surface area contributed by atoms with Gasteiger partial charge in [-0.05, 0) is 19.1 Å². The minimum Gasteiger partial charge on any atom is -0.394 e. The van der Waals surface area contributed by atoms with E-state index in [1.54, 1.807) is 0 Å². The molecule has 2 amide bonds. The third kappa shape index (κ3) is 3.49. The van der Waals surface area contributed by atoms with Crippen LogP contribution in [0.15, 0.2) is 18.2 Å². The number of nitrogens with one attached hydrogen (secondary N) is 2. The van der Waals surface area contributed by atoms with Crippen molar-refractivity contribution in [3.8, 4) is 0 Å². The van der Waals surface area contributed by atoms with Crippen LogP contribution in [0, 0.1) is 11.6 Å². The minimum absolute atomic E-state index is 0.354. The van der Waals surface area contributed by atoms with Crippen molar-refractivity contribution in [1.82, 2.24) is 5.32 Å². The summed E-state index contributed by atoms with van der Waals surface area (Å²) < 4.78 is 26.4. The van der Waals surface area contributed by atoms with Crippen molar-refractivity contribution in [2.45, 2.75) is 13.0 Å². The van der Waals surface area contributed by atoms with E-state index in [0.29, 0.717) is 0 Å². The Hall–Kier alpha value is -2.02. The Kier molecular flexibility index (Phi) is 4.73. The summed E-state index contributed by atoms with van der Waals surface area (Å²) in [6.45, 7) is 1.11. The maximum Gasteiger partial charge on any atom is 0.313 e. The van der Waals surface area contributed by atoms with Gasteiger partial charge in [-0.2, -0.15) is 0 Å². The van der Waals surface area contributed by atoms with E-state index in [1.807, 2.05) is 5.32 Å². The van der Waals surface area contributed by atoms with E-state index in [4.69, 9.17) is 5.11 Å². The van der Waals surface area contributed by atoms with Crippen LogP contribution in [0.3, 0.4) is 0 Å². The second kappa shape index (κ2) is 6.06. The van der Waals surface area contributed by atoms with Gasteiger partial charge < -0.3 is 15.7 Å². The molecule has 0 radical (unpaired) electrons. The summed E-state index contributed by atoms with van der Waals surface area (Å²) in [5, 5.41) is 12.6. The number of para-hydroxylation sites is 1. The highest BCUT2D eigenvalue weighted by Gasteiger charge is 2.19. The number of rotatable bonds is 3. The fraction of sp³-hybridized carbons (Fsp3) is 0.273. The van der Waals surface area contributed by atoms with Gasteiger partial charge in [0.25, 0.3) is 0 Å². The summed E-state index contributed by atoms with van der Waals surface area (Å²) in [6, 6.07) is 2.41. The van der Waals surface area contributed by atoms with E-state index in [0.717, 1.165) is 18.2 Å². The highest BCUT2D eigenvalue weighted by molar-refractivity contribution is 6.39. The van der Waals surface area contributed by atoms with E-state index in [-0.39, 0.29) is 6.61 Å². The third-order valence-electron chi connectivity index (χ3n) is 2.06. The molecule has 0 saturated heterocycles. The Morgan fingerprint density at radius 3 is 2.33 bits per heavy atom. The molecule has 98 valence electrons. The molecule has 5 nitrogen and oxygen atoms in total. The highest BCUT2D eigenvalue weighted by atomic mass is 19.1. The first-order chi connectivity index (χ1) is 8.45. The quantitative estimate of drug-likeness (QED) is 0.687. The minimum atomic E-state index is -1.21. The van der Waals surface area contributed by atoms with Crippen molar-refractivity contribution < 1.29 is 23.5 Å². The maximum absolute atomic E-state index is 13.2. The van der Waals surface area contributed by atoms with Crippen molar-refractivity contribution in [2.75, 3.05) is 11.9 Å². The Morgan fingerprint density at radius 1 is 1.28 bits per heavy atom.